The average Bonchev–Trinajstić information content (AvgIpc) is 2.69. The zero-order valence-corrected chi connectivity index (χ0v) is 15.5. The molecule has 1 aromatic heterocycles. The topological polar surface area (TPSA) is 60.3 Å². The highest BCUT2D eigenvalue weighted by Gasteiger charge is 2.09. The first-order valence-electron chi connectivity index (χ1n) is 8.90. The fourth-order valence-electron chi connectivity index (χ4n) is 2.68. The van der Waals surface area contributed by atoms with Gasteiger partial charge >= 0.3 is 0 Å². The lowest BCUT2D eigenvalue weighted by atomic mass is 10.2. The first kappa shape index (κ1) is 19.4. The maximum atomic E-state index is 13.0. The summed E-state index contributed by atoms with van der Waals surface area (Å²) in [5.41, 5.74) is 2.15. The van der Waals surface area contributed by atoms with Crippen LogP contribution < -0.4 is 15.5 Å². The van der Waals surface area contributed by atoms with Gasteiger partial charge in [0, 0.05) is 18.3 Å². The monoisotopic (exact) mass is 380 g/mol. The fourth-order valence-corrected chi connectivity index (χ4v) is 2.68. The van der Waals surface area contributed by atoms with E-state index < -0.39 is 0 Å². The molecule has 0 radical (unpaired) electrons. The predicted octanol–water partition coefficient (Wildman–Crippen LogP) is 3.19. The van der Waals surface area contributed by atoms with Gasteiger partial charge in [0.05, 0.1) is 6.20 Å². The third-order valence-corrected chi connectivity index (χ3v) is 4.26. The lowest BCUT2D eigenvalue weighted by Crippen LogP contribution is -2.28. The number of amides is 1. The second kappa shape index (κ2) is 8.99. The maximum absolute atomic E-state index is 13.0. The molecule has 0 bridgehead atoms. The summed E-state index contributed by atoms with van der Waals surface area (Å²) in [6.45, 7) is 2.41. The highest BCUT2D eigenvalue weighted by molar-refractivity contribution is 5.75. The highest BCUT2D eigenvalue weighted by atomic mass is 19.1. The summed E-state index contributed by atoms with van der Waals surface area (Å²) in [7, 11) is 0. The number of carbonyl (C=O) groups excluding carboxylic acids is 1. The summed E-state index contributed by atoms with van der Waals surface area (Å²) in [6.07, 6.45) is 1.53. The summed E-state index contributed by atoms with van der Waals surface area (Å²) >= 11 is 0. The van der Waals surface area contributed by atoms with E-state index in [9.17, 15) is 14.0 Å². The van der Waals surface area contributed by atoms with Crippen LogP contribution in [0, 0.1) is 12.7 Å². The Hall–Kier alpha value is -3.41. The summed E-state index contributed by atoms with van der Waals surface area (Å²) in [5.74, 6) is -0.353. The van der Waals surface area contributed by atoms with Crippen molar-refractivity contribution in [3.63, 3.8) is 0 Å². The van der Waals surface area contributed by atoms with Crippen molar-refractivity contribution >= 4 is 5.91 Å². The zero-order valence-electron chi connectivity index (χ0n) is 15.5. The van der Waals surface area contributed by atoms with Crippen molar-refractivity contribution in [1.82, 2.24) is 9.88 Å². The molecule has 1 N–H and O–H groups in total. The van der Waals surface area contributed by atoms with Crippen molar-refractivity contribution in [2.45, 2.75) is 26.6 Å². The number of ether oxygens (including phenoxy) is 1. The predicted molar refractivity (Wildman–Crippen MR) is 104 cm³/mol. The summed E-state index contributed by atoms with van der Waals surface area (Å²) in [4.78, 5) is 24.4. The fraction of sp³-hybridized carbons (Fsp3) is 0.182. The van der Waals surface area contributed by atoms with Crippen LogP contribution in [0.1, 0.15) is 16.8 Å². The normalized spacial score (nSPS) is 10.5. The number of hydrogen-bond acceptors (Lipinski definition) is 3. The van der Waals surface area contributed by atoms with Crippen LogP contribution in [0.4, 0.5) is 4.39 Å². The van der Waals surface area contributed by atoms with Gasteiger partial charge in [0.1, 0.15) is 19.0 Å². The van der Waals surface area contributed by atoms with Gasteiger partial charge in [-0.15, -0.1) is 0 Å². The zero-order chi connectivity index (χ0) is 19.9. The Morgan fingerprint density at radius 2 is 1.79 bits per heavy atom. The largest absolute Gasteiger partial charge is 0.483 e. The molecule has 0 aliphatic rings. The molecule has 1 amide bonds. The highest BCUT2D eigenvalue weighted by Crippen LogP contribution is 2.10. The van der Waals surface area contributed by atoms with Crippen LogP contribution in [-0.4, -0.2) is 10.5 Å². The number of benzene rings is 2. The molecule has 5 nitrogen and oxygen atoms in total. The van der Waals surface area contributed by atoms with Gasteiger partial charge < -0.3 is 14.6 Å². The molecule has 28 heavy (non-hydrogen) atoms. The number of hydrogen-bond donors (Lipinski definition) is 1. The third kappa shape index (κ3) is 5.30. The van der Waals surface area contributed by atoms with Gasteiger partial charge in [-0.1, -0.05) is 42.5 Å². The standard InChI is InChI=1S/C22H21FN2O3/c1-16-11-20(26)21(28-15-18-7-9-19(23)10-8-18)13-25(16)14-22(27)24-12-17-5-3-2-4-6-17/h2-11,13H,12,14-15H2,1H3,(H,24,27). The molecule has 1 heterocycles. The van der Waals surface area contributed by atoms with Crippen LogP contribution in [0.3, 0.4) is 0 Å². The number of nitrogens with zero attached hydrogens (tertiary/aromatic N) is 1. The van der Waals surface area contributed by atoms with E-state index in [0.29, 0.717) is 12.2 Å². The Kier molecular flexibility index (Phi) is 6.22. The van der Waals surface area contributed by atoms with Crippen LogP contribution >= 0.6 is 0 Å². The van der Waals surface area contributed by atoms with Gasteiger partial charge in [0.25, 0.3) is 0 Å². The molecule has 3 rings (SSSR count). The van der Waals surface area contributed by atoms with E-state index in [2.05, 4.69) is 5.32 Å². The van der Waals surface area contributed by atoms with Crippen molar-refractivity contribution in [1.29, 1.82) is 0 Å². The first-order valence-corrected chi connectivity index (χ1v) is 8.90. The summed E-state index contributed by atoms with van der Waals surface area (Å²) in [5, 5.41) is 2.86. The van der Waals surface area contributed by atoms with E-state index >= 15 is 0 Å². The molecule has 0 aliphatic heterocycles. The van der Waals surface area contributed by atoms with E-state index in [-0.39, 0.29) is 36.1 Å². The lowest BCUT2D eigenvalue weighted by Gasteiger charge is -2.13. The van der Waals surface area contributed by atoms with E-state index in [0.717, 1.165) is 11.1 Å². The molecular formula is C22H21FN2O3. The van der Waals surface area contributed by atoms with Crippen molar-refractivity contribution < 1.29 is 13.9 Å². The Balaban J connectivity index is 1.64. The van der Waals surface area contributed by atoms with Gasteiger partial charge in [0.2, 0.25) is 11.3 Å². The minimum atomic E-state index is -0.331. The molecule has 0 atom stereocenters. The molecule has 0 saturated heterocycles. The van der Waals surface area contributed by atoms with E-state index in [4.69, 9.17) is 4.74 Å². The molecule has 144 valence electrons. The van der Waals surface area contributed by atoms with Gasteiger partial charge in [-0.3, -0.25) is 9.59 Å². The number of rotatable bonds is 7. The van der Waals surface area contributed by atoms with E-state index in [1.807, 2.05) is 30.3 Å². The van der Waals surface area contributed by atoms with Gasteiger partial charge in [-0.25, -0.2) is 4.39 Å². The first-order chi connectivity index (χ1) is 13.5. The Morgan fingerprint density at radius 1 is 1.07 bits per heavy atom. The smallest absolute Gasteiger partial charge is 0.240 e. The van der Waals surface area contributed by atoms with Gasteiger partial charge in [-0.2, -0.15) is 0 Å². The van der Waals surface area contributed by atoms with E-state index in [1.54, 1.807) is 23.6 Å². The van der Waals surface area contributed by atoms with Crippen LogP contribution in [0.15, 0.2) is 71.7 Å². The average molecular weight is 380 g/mol. The number of pyridine rings is 1. The van der Waals surface area contributed by atoms with Crippen molar-refractivity contribution in [3.05, 3.63) is 99.7 Å². The number of carbonyl (C=O) groups is 1. The van der Waals surface area contributed by atoms with Gasteiger partial charge in [-0.05, 0) is 30.2 Å². The van der Waals surface area contributed by atoms with E-state index in [1.165, 1.54) is 24.4 Å². The Morgan fingerprint density at radius 3 is 2.50 bits per heavy atom. The molecule has 6 heteroatoms. The van der Waals surface area contributed by atoms with Crippen molar-refractivity contribution in [2.75, 3.05) is 0 Å². The summed E-state index contributed by atoms with van der Waals surface area (Å²) in [6, 6.07) is 16.9. The quantitative estimate of drug-likeness (QED) is 0.685. The summed E-state index contributed by atoms with van der Waals surface area (Å²) < 4.78 is 20.2. The number of nitrogens with one attached hydrogen (secondary N) is 1. The van der Waals surface area contributed by atoms with Crippen molar-refractivity contribution in [3.8, 4) is 5.75 Å². The second-order valence-corrected chi connectivity index (χ2v) is 6.45. The molecule has 0 fully saturated rings. The third-order valence-electron chi connectivity index (χ3n) is 4.26. The van der Waals surface area contributed by atoms with Crippen molar-refractivity contribution in [2.24, 2.45) is 0 Å². The van der Waals surface area contributed by atoms with Crippen LogP contribution in [0.5, 0.6) is 5.75 Å². The molecule has 0 aliphatic carbocycles. The van der Waals surface area contributed by atoms with Crippen LogP contribution in [0.2, 0.25) is 0 Å². The molecule has 0 unspecified atom stereocenters. The van der Waals surface area contributed by atoms with Crippen LogP contribution in [0.25, 0.3) is 0 Å². The molecule has 0 spiro atoms. The number of halogens is 1. The molecule has 3 aromatic rings. The van der Waals surface area contributed by atoms with Gasteiger partial charge in [0.15, 0.2) is 5.75 Å². The Labute approximate surface area is 162 Å². The number of aromatic nitrogens is 1. The Bertz CT molecular complexity index is 999. The number of aryl methyl sites for hydroxylation is 1. The second-order valence-electron chi connectivity index (χ2n) is 6.45. The maximum Gasteiger partial charge on any atom is 0.240 e. The molecule has 2 aromatic carbocycles. The SMILES string of the molecule is Cc1cc(=O)c(OCc2ccc(F)cc2)cn1CC(=O)NCc1ccccc1. The minimum Gasteiger partial charge on any atom is -0.483 e. The molecule has 0 saturated carbocycles. The molecular weight excluding hydrogens is 359 g/mol. The van der Waals surface area contributed by atoms with Crippen LogP contribution in [-0.2, 0) is 24.5 Å². The lowest BCUT2D eigenvalue weighted by molar-refractivity contribution is -0.121. The minimum absolute atomic E-state index is 0.0753.